The summed E-state index contributed by atoms with van der Waals surface area (Å²) in [6.45, 7) is 1.78. The second-order valence-corrected chi connectivity index (χ2v) is 4.97. The van der Waals surface area contributed by atoms with Crippen LogP contribution < -0.4 is 14.8 Å². The van der Waals surface area contributed by atoms with E-state index in [4.69, 9.17) is 21.1 Å². The molecule has 1 aliphatic heterocycles. The van der Waals surface area contributed by atoms with Crippen molar-refractivity contribution in [3.8, 4) is 11.5 Å². The lowest BCUT2D eigenvalue weighted by atomic mass is 10.1. The molecule has 0 spiro atoms. The SMILES string of the molecule is COC(=O)c1cc(Cl)c(OC2CCCNC2)c(OC)c1. The zero-order valence-electron chi connectivity index (χ0n) is 11.6. The van der Waals surface area contributed by atoms with E-state index < -0.39 is 5.97 Å². The lowest BCUT2D eigenvalue weighted by molar-refractivity contribution is 0.0600. The number of esters is 1. The molecule has 2 rings (SSSR count). The zero-order valence-corrected chi connectivity index (χ0v) is 12.3. The van der Waals surface area contributed by atoms with Crippen LogP contribution in [-0.4, -0.2) is 39.4 Å². The molecule has 20 heavy (non-hydrogen) atoms. The number of benzene rings is 1. The molecule has 0 aromatic heterocycles. The molecule has 0 aliphatic carbocycles. The van der Waals surface area contributed by atoms with Crippen LogP contribution in [0.1, 0.15) is 23.2 Å². The Morgan fingerprint density at radius 2 is 2.20 bits per heavy atom. The molecule has 1 N–H and O–H groups in total. The number of carbonyl (C=O) groups excluding carboxylic acids is 1. The fourth-order valence-electron chi connectivity index (χ4n) is 2.16. The predicted molar refractivity (Wildman–Crippen MR) is 75.9 cm³/mol. The van der Waals surface area contributed by atoms with Crippen LogP contribution in [0.4, 0.5) is 0 Å². The number of rotatable bonds is 4. The normalized spacial score (nSPS) is 18.4. The van der Waals surface area contributed by atoms with Crippen LogP contribution in [-0.2, 0) is 4.74 Å². The molecular weight excluding hydrogens is 282 g/mol. The first kappa shape index (κ1) is 14.9. The van der Waals surface area contributed by atoms with Crippen molar-refractivity contribution in [1.29, 1.82) is 0 Å². The molecule has 1 fully saturated rings. The summed E-state index contributed by atoms with van der Waals surface area (Å²) in [5.41, 5.74) is 0.337. The first-order valence-electron chi connectivity index (χ1n) is 6.49. The molecule has 0 amide bonds. The van der Waals surface area contributed by atoms with Crippen molar-refractivity contribution in [2.45, 2.75) is 18.9 Å². The summed E-state index contributed by atoms with van der Waals surface area (Å²) in [4.78, 5) is 11.5. The third kappa shape index (κ3) is 3.35. The fourth-order valence-corrected chi connectivity index (χ4v) is 2.41. The largest absolute Gasteiger partial charge is 0.493 e. The molecule has 0 saturated carbocycles. The van der Waals surface area contributed by atoms with Crippen molar-refractivity contribution in [3.05, 3.63) is 22.7 Å². The third-order valence-electron chi connectivity index (χ3n) is 3.19. The van der Waals surface area contributed by atoms with Crippen molar-refractivity contribution in [2.24, 2.45) is 0 Å². The molecule has 1 atom stereocenters. The van der Waals surface area contributed by atoms with E-state index in [-0.39, 0.29) is 6.10 Å². The molecule has 1 aliphatic rings. The summed E-state index contributed by atoms with van der Waals surface area (Å²) in [6, 6.07) is 3.10. The van der Waals surface area contributed by atoms with E-state index in [9.17, 15) is 4.79 Å². The van der Waals surface area contributed by atoms with Gasteiger partial charge in [-0.05, 0) is 31.5 Å². The minimum Gasteiger partial charge on any atom is -0.493 e. The number of hydrogen-bond donors (Lipinski definition) is 1. The van der Waals surface area contributed by atoms with E-state index in [1.165, 1.54) is 20.3 Å². The average Bonchev–Trinajstić information content (AvgIpc) is 2.49. The molecule has 6 heteroatoms. The number of halogens is 1. The van der Waals surface area contributed by atoms with E-state index in [0.717, 1.165) is 25.9 Å². The highest BCUT2D eigenvalue weighted by atomic mass is 35.5. The van der Waals surface area contributed by atoms with E-state index in [0.29, 0.717) is 22.1 Å². The van der Waals surface area contributed by atoms with E-state index in [1.807, 2.05) is 0 Å². The Morgan fingerprint density at radius 1 is 1.40 bits per heavy atom. The molecule has 1 unspecified atom stereocenters. The van der Waals surface area contributed by atoms with Crippen molar-refractivity contribution >= 4 is 17.6 Å². The van der Waals surface area contributed by atoms with Gasteiger partial charge in [-0.25, -0.2) is 4.79 Å². The molecule has 1 aromatic rings. The maximum absolute atomic E-state index is 11.5. The Labute approximate surface area is 123 Å². The second kappa shape index (κ2) is 6.81. The van der Waals surface area contributed by atoms with E-state index in [1.54, 1.807) is 6.07 Å². The monoisotopic (exact) mass is 299 g/mol. The quantitative estimate of drug-likeness (QED) is 0.864. The maximum Gasteiger partial charge on any atom is 0.338 e. The van der Waals surface area contributed by atoms with Gasteiger partial charge in [-0.15, -0.1) is 0 Å². The lowest BCUT2D eigenvalue weighted by Gasteiger charge is -2.25. The van der Waals surface area contributed by atoms with Crippen molar-refractivity contribution in [2.75, 3.05) is 27.3 Å². The Balaban J connectivity index is 2.25. The molecular formula is C14H18ClNO4. The number of piperidine rings is 1. The van der Waals surface area contributed by atoms with Gasteiger partial charge in [-0.3, -0.25) is 0 Å². The smallest absolute Gasteiger partial charge is 0.338 e. The van der Waals surface area contributed by atoms with Crippen molar-refractivity contribution in [3.63, 3.8) is 0 Å². The van der Waals surface area contributed by atoms with Gasteiger partial charge in [-0.1, -0.05) is 11.6 Å². The number of hydrogen-bond acceptors (Lipinski definition) is 5. The number of ether oxygens (including phenoxy) is 3. The summed E-state index contributed by atoms with van der Waals surface area (Å²) in [5, 5.41) is 3.61. The molecule has 110 valence electrons. The maximum atomic E-state index is 11.5. The highest BCUT2D eigenvalue weighted by Gasteiger charge is 2.21. The molecule has 5 nitrogen and oxygen atoms in total. The van der Waals surface area contributed by atoms with Gasteiger partial charge in [0.2, 0.25) is 0 Å². The van der Waals surface area contributed by atoms with Crippen LogP contribution in [0.5, 0.6) is 11.5 Å². The number of nitrogens with one attached hydrogen (secondary N) is 1. The van der Waals surface area contributed by atoms with Crippen LogP contribution >= 0.6 is 11.6 Å². The Bertz CT molecular complexity index is 486. The van der Waals surface area contributed by atoms with Crippen LogP contribution in [0.2, 0.25) is 5.02 Å². The third-order valence-corrected chi connectivity index (χ3v) is 3.47. The predicted octanol–water partition coefficient (Wildman–Crippen LogP) is 2.27. The van der Waals surface area contributed by atoms with Gasteiger partial charge in [0.05, 0.1) is 24.8 Å². The summed E-state index contributed by atoms with van der Waals surface area (Å²) in [6.07, 6.45) is 2.08. The molecule has 1 saturated heterocycles. The second-order valence-electron chi connectivity index (χ2n) is 4.57. The van der Waals surface area contributed by atoms with E-state index >= 15 is 0 Å². The van der Waals surface area contributed by atoms with Gasteiger partial charge >= 0.3 is 5.97 Å². The van der Waals surface area contributed by atoms with Crippen LogP contribution in [0.3, 0.4) is 0 Å². The van der Waals surface area contributed by atoms with Crippen molar-refractivity contribution in [1.82, 2.24) is 5.32 Å². The summed E-state index contributed by atoms with van der Waals surface area (Å²) < 4.78 is 15.8. The Kier molecular flexibility index (Phi) is 5.09. The summed E-state index contributed by atoms with van der Waals surface area (Å²) >= 11 is 6.20. The van der Waals surface area contributed by atoms with E-state index in [2.05, 4.69) is 10.1 Å². The van der Waals surface area contributed by atoms with Gasteiger partial charge in [0.25, 0.3) is 0 Å². The Morgan fingerprint density at radius 3 is 2.80 bits per heavy atom. The highest BCUT2D eigenvalue weighted by Crippen LogP contribution is 2.37. The lowest BCUT2D eigenvalue weighted by Crippen LogP contribution is -2.37. The van der Waals surface area contributed by atoms with Gasteiger partial charge in [0.1, 0.15) is 6.10 Å². The summed E-state index contributed by atoms with van der Waals surface area (Å²) in [7, 11) is 2.83. The molecule has 1 heterocycles. The number of methoxy groups -OCH3 is 2. The minimum absolute atomic E-state index is 0.0547. The Hall–Kier alpha value is -1.46. The first-order chi connectivity index (χ1) is 9.65. The van der Waals surface area contributed by atoms with Crippen LogP contribution in [0.15, 0.2) is 12.1 Å². The van der Waals surface area contributed by atoms with Gasteiger partial charge in [0.15, 0.2) is 11.5 Å². The van der Waals surface area contributed by atoms with Gasteiger partial charge < -0.3 is 19.5 Å². The standard InChI is InChI=1S/C14H18ClNO4/c1-18-12-7-9(14(17)19-2)6-11(15)13(12)20-10-4-3-5-16-8-10/h6-7,10,16H,3-5,8H2,1-2H3. The molecule has 1 aromatic carbocycles. The van der Waals surface area contributed by atoms with Gasteiger partial charge in [0, 0.05) is 6.54 Å². The molecule has 0 bridgehead atoms. The van der Waals surface area contributed by atoms with Gasteiger partial charge in [-0.2, -0.15) is 0 Å². The zero-order chi connectivity index (χ0) is 14.5. The van der Waals surface area contributed by atoms with Crippen LogP contribution in [0.25, 0.3) is 0 Å². The first-order valence-corrected chi connectivity index (χ1v) is 6.86. The minimum atomic E-state index is -0.462. The highest BCUT2D eigenvalue weighted by molar-refractivity contribution is 6.32. The fraction of sp³-hybridized carbons (Fsp3) is 0.500. The van der Waals surface area contributed by atoms with Crippen molar-refractivity contribution < 1.29 is 19.0 Å². The molecule has 0 radical (unpaired) electrons. The summed E-state index contributed by atoms with van der Waals surface area (Å²) in [5.74, 6) is 0.440. The van der Waals surface area contributed by atoms with Crippen LogP contribution in [0, 0.1) is 0 Å². The number of carbonyl (C=O) groups is 1. The topological polar surface area (TPSA) is 56.8 Å². The average molecular weight is 300 g/mol.